The van der Waals surface area contributed by atoms with Crippen LogP contribution in [0.15, 0.2) is 23.1 Å². The third-order valence-corrected chi connectivity index (χ3v) is 5.74. The highest BCUT2D eigenvalue weighted by Gasteiger charge is 2.28. The number of aryl methyl sites for hydroxylation is 1. The molecule has 1 fully saturated rings. The van der Waals surface area contributed by atoms with Crippen molar-refractivity contribution in [2.24, 2.45) is 5.73 Å². The summed E-state index contributed by atoms with van der Waals surface area (Å²) in [6.07, 6.45) is 6.13. The maximum atomic E-state index is 12.4. The number of sulfonamides is 1. The van der Waals surface area contributed by atoms with Crippen LogP contribution < -0.4 is 10.5 Å². The number of benzene rings is 1. The molecule has 22 heavy (non-hydrogen) atoms. The van der Waals surface area contributed by atoms with Crippen LogP contribution in [0.3, 0.4) is 0 Å². The van der Waals surface area contributed by atoms with Crippen molar-refractivity contribution in [2.75, 3.05) is 6.54 Å². The van der Waals surface area contributed by atoms with Crippen molar-refractivity contribution in [1.82, 2.24) is 4.72 Å². The number of rotatable bonds is 4. The molecule has 0 radical (unpaired) electrons. The second-order valence-corrected chi connectivity index (χ2v) is 7.96. The van der Waals surface area contributed by atoms with Gasteiger partial charge in [0.25, 0.3) is 0 Å². The van der Waals surface area contributed by atoms with Crippen molar-refractivity contribution in [3.05, 3.63) is 29.3 Å². The Bertz CT molecular complexity index is 669. The SMILES string of the molecule is Cc1cc(S(=O)(=O)NCC2(N)CCCCCC2)ccc1C#N. The van der Waals surface area contributed by atoms with E-state index in [-0.39, 0.29) is 11.4 Å². The molecule has 0 saturated heterocycles. The molecule has 1 aliphatic rings. The molecule has 5 nitrogen and oxygen atoms in total. The molecule has 120 valence electrons. The average Bonchev–Trinajstić information content (AvgIpc) is 2.71. The average molecular weight is 321 g/mol. The van der Waals surface area contributed by atoms with Gasteiger partial charge in [-0.2, -0.15) is 5.26 Å². The number of nitrogens with one attached hydrogen (secondary N) is 1. The van der Waals surface area contributed by atoms with Crippen LogP contribution in [0, 0.1) is 18.3 Å². The first kappa shape index (κ1) is 16.9. The topological polar surface area (TPSA) is 96.0 Å². The summed E-state index contributed by atoms with van der Waals surface area (Å²) < 4.78 is 27.5. The lowest BCUT2D eigenvalue weighted by Crippen LogP contribution is -2.49. The maximum absolute atomic E-state index is 12.4. The van der Waals surface area contributed by atoms with Gasteiger partial charge in [-0.15, -0.1) is 0 Å². The van der Waals surface area contributed by atoms with E-state index in [4.69, 9.17) is 11.0 Å². The fourth-order valence-electron chi connectivity index (χ4n) is 2.86. The quantitative estimate of drug-likeness (QED) is 0.831. The second-order valence-electron chi connectivity index (χ2n) is 6.19. The molecule has 0 aromatic heterocycles. The normalized spacial score (nSPS) is 18.4. The molecule has 0 aliphatic heterocycles. The van der Waals surface area contributed by atoms with E-state index in [1.807, 2.05) is 6.07 Å². The number of hydrogen-bond donors (Lipinski definition) is 2. The molecule has 2 rings (SSSR count). The first-order valence-corrected chi connectivity index (χ1v) is 9.14. The summed E-state index contributed by atoms with van der Waals surface area (Å²) >= 11 is 0. The van der Waals surface area contributed by atoms with E-state index in [1.54, 1.807) is 6.92 Å². The second kappa shape index (κ2) is 6.78. The zero-order chi connectivity index (χ0) is 16.2. The molecule has 1 aromatic rings. The van der Waals surface area contributed by atoms with Gasteiger partial charge in [0.15, 0.2) is 0 Å². The van der Waals surface area contributed by atoms with Crippen LogP contribution in [0.1, 0.15) is 49.7 Å². The van der Waals surface area contributed by atoms with Crippen molar-refractivity contribution in [1.29, 1.82) is 5.26 Å². The van der Waals surface area contributed by atoms with Crippen molar-refractivity contribution in [2.45, 2.75) is 55.9 Å². The van der Waals surface area contributed by atoms with Crippen molar-refractivity contribution in [3.8, 4) is 6.07 Å². The third kappa shape index (κ3) is 4.07. The number of nitrogens with two attached hydrogens (primary N) is 1. The van der Waals surface area contributed by atoms with Gasteiger partial charge in [-0.05, 0) is 43.5 Å². The first-order valence-electron chi connectivity index (χ1n) is 7.66. The van der Waals surface area contributed by atoms with Crippen LogP contribution in [0.25, 0.3) is 0 Å². The van der Waals surface area contributed by atoms with E-state index in [2.05, 4.69) is 4.72 Å². The fourth-order valence-corrected chi connectivity index (χ4v) is 4.08. The smallest absolute Gasteiger partial charge is 0.240 e. The van der Waals surface area contributed by atoms with Gasteiger partial charge in [-0.3, -0.25) is 0 Å². The third-order valence-electron chi connectivity index (χ3n) is 4.34. The molecular formula is C16H23N3O2S. The van der Waals surface area contributed by atoms with E-state index < -0.39 is 15.6 Å². The molecule has 0 bridgehead atoms. The molecule has 0 atom stereocenters. The van der Waals surface area contributed by atoms with Crippen LogP contribution in [0.4, 0.5) is 0 Å². The Kier molecular flexibility index (Phi) is 5.22. The highest BCUT2D eigenvalue weighted by Crippen LogP contribution is 2.25. The maximum Gasteiger partial charge on any atom is 0.240 e. The predicted molar refractivity (Wildman–Crippen MR) is 85.7 cm³/mol. The van der Waals surface area contributed by atoms with E-state index in [9.17, 15) is 8.42 Å². The molecular weight excluding hydrogens is 298 g/mol. The van der Waals surface area contributed by atoms with Crippen molar-refractivity contribution < 1.29 is 8.42 Å². The summed E-state index contributed by atoms with van der Waals surface area (Å²) in [5, 5.41) is 8.91. The van der Waals surface area contributed by atoms with E-state index in [0.29, 0.717) is 11.1 Å². The lowest BCUT2D eigenvalue weighted by molar-refractivity contribution is 0.369. The van der Waals surface area contributed by atoms with E-state index in [1.165, 1.54) is 31.0 Å². The molecule has 0 unspecified atom stereocenters. The Morgan fingerprint density at radius 3 is 2.45 bits per heavy atom. The number of nitriles is 1. The van der Waals surface area contributed by atoms with Crippen molar-refractivity contribution in [3.63, 3.8) is 0 Å². The first-order chi connectivity index (χ1) is 10.4. The molecule has 0 amide bonds. The minimum Gasteiger partial charge on any atom is -0.324 e. The Balaban J connectivity index is 2.11. The Morgan fingerprint density at radius 1 is 1.27 bits per heavy atom. The summed E-state index contributed by atoms with van der Waals surface area (Å²) in [7, 11) is -3.60. The summed E-state index contributed by atoms with van der Waals surface area (Å²) in [4.78, 5) is 0.182. The molecule has 0 heterocycles. The molecule has 3 N–H and O–H groups in total. The summed E-state index contributed by atoms with van der Waals surface area (Å²) in [5.74, 6) is 0. The largest absolute Gasteiger partial charge is 0.324 e. The zero-order valence-electron chi connectivity index (χ0n) is 12.9. The lowest BCUT2D eigenvalue weighted by Gasteiger charge is -2.28. The molecule has 1 aromatic carbocycles. The van der Waals surface area contributed by atoms with Crippen molar-refractivity contribution >= 4 is 10.0 Å². The molecule has 1 aliphatic carbocycles. The van der Waals surface area contributed by atoms with Crippen LogP contribution in [-0.4, -0.2) is 20.5 Å². The van der Waals surface area contributed by atoms with Crippen LogP contribution in [-0.2, 0) is 10.0 Å². The Hall–Kier alpha value is -1.42. The predicted octanol–water partition coefficient (Wildman–Crippen LogP) is 2.20. The van der Waals surface area contributed by atoms with E-state index >= 15 is 0 Å². The summed E-state index contributed by atoms with van der Waals surface area (Å²) in [5.41, 5.74) is 7.04. The minimum atomic E-state index is -3.60. The Morgan fingerprint density at radius 2 is 1.91 bits per heavy atom. The van der Waals surface area contributed by atoms with Gasteiger partial charge in [-0.1, -0.05) is 25.7 Å². The number of nitrogens with zero attached hydrogens (tertiary/aromatic N) is 1. The molecule has 6 heteroatoms. The van der Waals surface area contributed by atoms with Gasteiger partial charge in [0.05, 0.1) is 16.5 Å². The van der Waals surface area contributed by atoms with Gasteiger partial charge < -0.3 is 5.73 Å². The van der Waals surface area contributed by atoms with Crippen LogP contribution >= 0.6 is 0 Å². The molecule has 1 saturated carbocycles. The van der Waals surface area contributed by atoms with Crippen LogP contribution in [0.5, 0.6) is 0 Å². The van der Waals surface area contributed by atoms with Gasteiger partial charge in [0.1, 0.15) is 0 Å². The van der Waals surface area contributed by atoms with Gasteiger partial charge in [-0.25, -0.2) is 13.1 Å². The van der Waals surface area contributed by atoms with Gasteiger partial charge in [0.2, 0.25) is 10.0 Å². The monoisotopic (exact) mass is 321 g/mol. The molecule has 0 spiro atoms. The summed E-state index contributed by atoms with van der Waals surface area (Å²) in [6, 6.07) is 6.56. The minimum absolute atomic E-state index is 0.182. The fraction of sp³-hybridized carbons (Fsp3) is 0.562. The lowest BCUT2D eigenvalue weighted by atomic mass is 9.92. The van der Waals surface area contributed by atoms with Gasteiger partial charge >= 0.3 is 0 Å². The zero-order valence-corrected chi connectivity index (χ0v) is 13.7. The van der Waals surface area contributed by atoms with Crippen LogP contribution in [0.2, 0.25) is 0 Å². The summed E-state index contributed by atoms with van der Waals surface area (Å²) in [6.45, 7) is 1.99. The standard InChI is InChI=1S/C16H23N3O2S/c1-13-10-15(7-6-14(13)11-17)22(20,21)19-12-16(18)8-4-2-3-5-9-16/h6-7,10,19H,2-5,8-9,12,18H2,1H3. The number of hydrogen-bond acceptors (Lipinski definition) is 4. The highest BCUT2D eigenvalue weighted by molar-refractivity contribution is 7.89. The van der Waals surface area contributed by atoms with Gasteiger partial charge in [0, 0.05) is 12.1 Å². The van der Waals surface area contributed by atoms with E-state index in [0.717, 1.165) is 25.7 Å². The Labute approximate surface area is 132 Å². The highest BCUT2D eigenvalue weighted by atomic mass is 32.2.